The number of carbonyl (C=O) groups is 1. The fraction of sp³-hybridized carbons (Fsp3) is 0.0769. The van der Waals surface area contributed by atoms with Gasteiger partial charge in [0.15, 0.2) is 0 Å². The first kappa shape index (κ1) is 13.6. The third-order valence-corrected chi connectivity index (χ3v) is 3.25. The van der Waals surface area contributed by atoms with Crippen LogP contribution in [0.1, 0.15) is 16.1 Å². The molecule has 0 fully saturated rings. The van der Waals surface area contributed by atoms with Gasteiger partial charge in [0, 0.05) is 23.3 Å². The molecule has 0 spiro atoms. The van der Waals surface area contributed by atoms with Crippen LogP contribution in [0.5, 0.6) is 0 Å². The van der Waals surface area contributed by atoms with Crippen LogP contribution in [0, 0.1) is 6.92 Å². The summed E-state index contributed by atoms with van der Waals surface area (Å²) in [6.45, 7) is 1.83. The van der Waals surface area contributed by atoms with Crippen molar-refractivity contribution >= 4 is 40.5 Å². The fourth-order valence-corrected chi connectivity index (χ4v) is 2.02. The molecule has 0 atom stereocenters. The zero-order chi connectivity index (χ0) is 14.0. The predicted molar refractivity (Wildman–Crippen MR) is 77.8 cm³/mol. The van der Waals surface area contributed by atoms with E-state index in [9.17, 15) is 4.79 Å². The van der Waals surface area contributed by atoms with Crippen LogP contribution in [0.3, 0.4) is 0 Å². The lowest BCUT2D eigenvalue weighted by Gasteiger charge is -2.09. The van der Waals surface area contributed by atoms with Crippen LogP contribution in [-0.4, -0.2) is 10.9 Å². The molecule has 0 aliphatic carbocycles. The standard InChI is InChI=1S/C13H11Cl2N3O/c1-7-4-9(2-3-17-7)18-13(19)10-5-8(16)6-11(14)12(10)15/h2-6H,16H2,1H3,(H,17,18,19). The van der Waals surface area contributed by atoms with Crippen molar-refractivity contribution in [1.29, 1.82) is 0 Å². The smallest absolute Gasteiger partial charge is 0.257 e. The van der Waals surface area contributed by atoms with Gasteiger partial charge >= 0.3 is 0 Å². The summed E-state index contributed by atoms with van der Waals surface area (Å²) >= 11 is 11.9. The molecule has 0 saturated heterocycles. The SMILES string of the molecule is Cc1cc(NC(=O)c2cc(N)cc(Cl)c2Cl)ccn1. The highest BCUT2D eigenvalue weighted by Crippen LogP contribution is 2.29. The number of pyridine rings is 1. The summed E-state index contributed by atoms with van der Waals surface area (Å²) in [5.74, 6) is -0.371. The highest BCUT2D eigenvalue weighted by molar-refractivity contribution is 6.44. The Morgan fingerprint density at radius 3 is 2.74 bits per heavy atom. The molecule has 2 rings (SSSR count). The maximum atomic E-state index is 12.1. The molecule has 1 aromatic carbocycles. The number of amides is 1. The maximum Gasteiger partial charge on any atom is 0.257 e. The molecule has 0 saturated carbocycles. The van der Waals surface area contributed by atoms with Crippen LogP contribution in [-0.2, 0) is 0 Å². The first-order chi connectivity index (χ1) is 8.97. The van der Waals surface area contributed by atoms with Crippen molar-refractivity contribution in [3.8, 4) is 0 Å². The number of carbonyl (C=O) groups excluding carboxylic acids is 1. The van der Waals surface area contributed by atoms with Crippen molar-refractivity contribution in [2.24, 2.45) is 0 Å². The first-order valence-electron chi connectivity index (χ1n) is 5.46. The normalized spacial score (nSPS) is 10.3. The number of nitrogens with two attached hydrogens (primary N) is 1. The van der Waals surface area contributed by atoms with E-state index >= 15 is 0 Å². The van der Waals surface area contributed by atoms with Crippen molar-refractivity contribution in [3.63, 3.8) is 0 Å². The van der Waals surface area contributed by atoms with E-state index in [0.29, 0.717) is 11.4 Å². The minimum absolute atomic E-state index is 0.180. The predicted octanol–water partition coefficient (Wildman–Crippen LogP) is 3.53. The molecule has 19 heavy (non-hydrogen) atoms. The molecule has 3 N–H and O–H groups in total. The second-order valence-corrected chi connectivity index (χ2v) is 4.79. The second-order valence-electron chi connectivity index (χ2n) is 4.00. The average Bonchev–Trinajstić information content (AvgIpc) is 2.33. The number of rotatable bonds is 2. The summed E-state index contributed by atoms with van der Waals surface area (Å²) in [5, 5.41) is 3.14. The van der Waals surface area contributed by atoms with Gasteiger partial charge in [-0.25, -0.2) is 0 Å². The Balaban J connectivity index is 2.30. The molecule has 6 heteroatoms. The number of halogens is 2. The van der Waals surface area contributed by atoms with Gasteiger partial charge < -0.3 is 11.1 Å². The van der Waals surface area contributed by atoms with Gasteiger partial charge in [0.1, 0.15) is 0 Å². The molecule has 1 aromatic heterocycles. The third-order valence-electron chi connectivity index (χ3n) is 2.45. The number of aromatic nitrogens is 1. The Morgan fingerprint density at radius 2 is 2.05 bits per heavy atom. The largest absolute Gasteiger partial charge is 0.399 e. The van der Waals surface area contributed by atoms with E-state index in [-0.39, 0.29) is 21.5 Å². The summed E-state index contributed by atoms with van der Waals surface area (Å²) in [6, 6.07) is 6.42. The number of nitrogens with zero attached hydrogens (tertiary/aromatic N) is 1. The molecule has 0 aliphatic rings. The van der Waals surface area contributed by atoms with Gasteiger partial charge in [0.05, 0.1) is 15.6 Å². The van der Waals surface area contributed by atoms with Crippen LogP contribution in [0.2, 0.25) is 10.0 Å². The highest BCUT2D eigenvalue weighted by Gasteiger charge is 2.14. The number of nitrogen functional groups attached to an aromatic ring is 1. The van der Waals surface area contributed by atoms with E-state index in [0.717, 1.165) is 5.69 Å². The minimum atomic E-state index is -0.371. The third kappa shape index (κ3) is 3.16. The van der Waals surface area contributed by atoms with Gasteiger partial charge in [-0.05, 0) is 31.2 Å². The van der Waals surface area contributed by atoms with Crippen LogP contribution in [0.4, 0.5) is 11.4 Å². The molecule has 0 aliphatic heterocycles. The summed E-state index contributed by atoms with van der Waals surface area (Å²) in [7, 11) is 0. The quantitative estimate of drug-likeness (QED) is 0.833. The van der Waals surface area contributed by atoms with Crippen molar-refractivity contribution < 1.29 is 4.79 Å². The number of benzene rings is 1. The molecular formula is C13H11Cl2N3O. The Hall–Kier alpha value is -1.78. The lowest BCUT2D eigenvalue weighted by atomic mass is 10.2. The summed E-state index contributed by atoms with van der Waals surface area (Å²) in [5.41, 5.74) is 7.70. The molecule has 2 aromatic rings. The summed E-state index contributed by atoms with van der Waals surface area (Å²) in [4.78, 5) is 16.2. The van der Waals surface area contributed by atoms with Crippen molar-refractivity contribution in [1.82, 2.24) is 4.98 Å². The molecule has 0 unspecified atom stereocenters. The van der Waals surface area contributed by atoms with Crippen LogP contribution in [0.15, 0.2) is 30.5 Å². The summed E-state index contributed by atoms with van der Waals surface area (Å²) < 4.78 is 0. The summed E-state index contributed by atoms with van der Waals surface area (Å²) in [6.07, 6.45) is 1.61. The van der Waals surface area contributed by atoms with Crippen LogP contribution in [0.25, 0.3) is 0 Å². The Labute approximate surface area is 120 Å². The molecular weight excluding hydrogens is 285 g/mol. The van der Waals surface area contributed by atoms with Gasteiger partial charge in [-0.3, -0.25) is 9.78 Å². The molecule has 0 radical (unpaired) electrons. The van der Waals surface area contributed by atoms with E-state index in [2.05, 4.69) is 10.3 Å². The zero-order valence-electron chi connectivity index (χ0n) is 10.1. The molecule has 98 valence electrons. The van der Waals surface area contributed by atoms with Gasteiger partial charge in [0.2, 0.25) is 0 Å². The number of hydrogen-bond acceptors (Lipinski definition) is 3. The van der Waals surface area contributed by atoms with E-state index in [1.807, 2.05) is 6.92 Å². The zero-order valence-corrected chi connectivity index (χ0v) is 11.6. The number of nitrogens with one attached hydrogen (secondary N) is 1. The maximum absolute atomic E-state index is 12.1. The highest BCUT2D eigenvalue weighted by atomic mass is 35.5. The van der Waals surface area contributed by atoms with Gasteiger partial charge in [0.25, 0.3) is 5.91 Å². The van der Waals surface area contributed by atoms with E-state index in [1.54, 1.807) is 18.3 Å². The Kier molecular flexibility index (Phi) is 3.93. The molecule has 0 bridgehead atoms. The average molecular weight is 296 g/mol. The second kappa shape index (κ2) is 5.47. The molecule has 4 nitrogen and oxygen atoms in total. The van der Waals surface area contributed by atoms with Crippen LogP contribution < -0.4 is 11.1 Å². The van der Waals surface area contributed by atoms with Crippen molar-refractivity contribution in [3.05, 3.63) is 51.8 Å². The minimum Gasteiger partial charge on any atom is -0.399 e. The number of hydrogen-bond donors (Lipinski definition) is 2. The fourth-order valence-electron chi connectivity index (χ4n) is 1.60. The van der Waals surface area contributed by atoms with Gasteiger partial charge in [-0.2, -0.15) is 0 Å². The topological polar surface area (TPSA) is 68.0 Å². The van der Waals surface area contributed by atoms with Crippen molar-refractivity contribution in [2.45, 2.75) is 6.92 Å². The first-order valence-corrected chi connectivity index (χ1v) is 6.21. The van der Waals surface area contributed by atoms with Gasteiger partial charge in [-0.1, -0.05) is 23.2 Å². The van der Waals surface area contributed by atoms with E-state index in [1.165, 1.54) is 12.1 Å². The van der Waals surface area contributed by atoms with Crippen molar-refractivity contribution in [2.75, 3.05) is 11.1 Å². The Bertz CT molecular complexity index is 644. The van der Waals surface area contributed by atoms with Crippen LogP contribution >= 0.6 is 23.2 Å². The van der Waals surface area contributed by atoms with E-state index in [4.69, 9.17) is 28.9 Å². The van der Waals surface area contributed by atoms with Gasteiger partial charge in [-0.15, -0.1) is 0 Å². The Morgan fingerprint density at radius 1 is 1.32 bits per heavy atom. The number of aryl methyl sites for hydroxylation is 1. The monoisotopic (exact) mass is 295 g/mol. The lowest BCUT2D eigenvalue weighted by molar-refractivity contribution is 0.102. The molecule has 1 heterocycles. The number of anilines is 2. The lowest BCUT2D eigenvalue weighted by Crippen LogP contribution is -2.13. The molecule has 1 amide bonds. The van der Waals surface area contributed by atoms with E-state index < -0.39 is 0 Å².